The van der Waals surface area contributed by atoms with E-state index >= 15 is 0 Å². The fraction of sp³-hybridized carbons (Fsp3) is 0.167. The van der Waals surface area contributed by atoms with Gasteiger partial charge in [0.05, 0.1) is 37.9 Å². The van der Waals surface area contributed by atoms with E-state index < -0.39 is 11.2 Å². The summed E-state index contributed by atoms with van der Waals surface area (Å²) < 4.78 is 23.9. The molecule has 0 radical (unpaired) electrons. The van der Waals surface area contributed by atoms with Crippen molar-refractivity contribution in [2.24, 2.45) is 0 Å². The minimum absolute atomic E-state index is 0.0101. The summed E-state index contributed by atoms with van der Waals surface area (Å²) in [7, 11) is 3.09. The molecule has 0 spiro atoms. The highest BCUT2D eigenvalue weighted by molar-refractivity contribution is 5.77. The Labute approximate surface area is 192 Å². The molecule has 0 aliphatic rings. The molecule has 0 saturated heterocycles. The van der Waals surface area contributed by atoms with Crippen LogP contribution in [0, 0.1) is 0 Å². The minimum Gasteiger partial charge on any atom is -0.493 e. The van der Waals surface area contributed by atoms with E-state index in [1.165, 1.54) is 10.8 Å². The number of furan rings is 1. The van der Waals surface area contributed by atoms with Gasteiger partial charge < -0.3 is 18.4 Å². The van der Waals surface area contributed by atoms with Gasteiger partial charge in [0.25, 0.3) is 5.56 Å². The third-order valence-corrected chi connectivity index (χ3v) is 5.43. The Balaban J connectivity index is 1.56. The van der Waals surface area contributed by atoms with Gasteiger partial charge in [-0.05, 0) is 42.5 Å². The first-order valence-electron chi connectivity index (χ1n) is 10.4. The van der Waals surface area contributed by atoms with E-state index in [0.717, 1.165) is 4.57 Å². The molecule has 0 saturated carbocycles. The fourth-order valence-corrected chi connectivity index (χ4v) is 3.77. The highest BCUT2D eigenvalue weighted by atomic mass is 16.5. The van der Waals surface area contributed by atoms with Gasteiger partial charge in [0.1, 0.15) is 12.3 Å². The van der Waals surface area contributed by atoms with Crippen LogP contribution < -0.4 is 20.7 Å². The molecule has 5 rings (SSSR count). The molecule has 0 unspecified atom stereocenters. The molecule has 34 heavy (non-hydrogen) atoms. The number of benzene rings is 2. The number of ether oxygens (including phenoxy) is 2. The number of hydrogen-bond donors (Lipinski definition) is 0. The van der Waals surface area contributed by atoms with Gasteiger partial charge in [-0.15, -0.1) is 0 Å². The Morgan fingerprint density at radius 3 is 2.50 bits per heavy atom. The average Bonchev–Trinajstić information content (AvgIpc) is 3.56. The molecule has 3 heterocycles. The highest BCUT2D eigenvalue weighted by Gasteiger charge is 2.18. The maximum Gasteiger partial charge on any atom is 0.332 e. The maximum atomic E-state index is 13.3. The van der Waals surface area contributed by atoms with Crippen molar-refractivity contribution in [2.45, 2.75) is 13.1 Å². The van der Waals surface area contributed by atoms with Crippen LogP contribution in [0.4, 0.5) is 0 Å². The number of para-hydroxylation sites is 1. The molecule has 0 N–H and O–H groups in total. The van der Waals surface area contributed by atoms with E-state index in [1.807, 2.05) is 0 Å². The maximum absolute atomic E-state index is 13.3. The quantitative estimate of drug-likeness (QED) is 0.364. The molecule has 10 heteroatoms. The molecule has 0 atom stereocenters. The molecule has 3 aromatic heterocycles. The van der Waals surface area contributed by atoms with Crippen molar-refractivity contribution in [3.05, 3.63) is 93.3 Å². The topological polar surface area (TPSA) is 115 Å². The van der Waals surface area contributed by atoms with E-state index in [0.29, 0.717) is 39.6 Å². The smallest absolute Gasteiger partial charge is 0.332 e. The van der Waals surface area contributed by atoms with E-state index in [1.54, 1.807) is 68.8 Å². The number of nitrogens with zero attached hydrogens (tertiary/aromatic N) is 4. The lowest BCUT2D eigenvalue weighted by atomic mass is 10.2. The van der Waals surface area contributed by atoms with Gasteiger partial charge in [-0.1, -0.05) is 17.3 Å². The van der Waals surface area contributed by atoms with Crippen LogP contribution in [0.1, 0.15) is 11.7 Å². The van der Waals surface area contributed by atoms with Crippen LogP contribution in [-0.2, 0) is 13.1 Å². The Morgan fingerprint density at radius 2 is 1.74 bits per heavy atom. The van der Waals surface area contributed by atoms with Crippen molar-refractivity contribution in [3.63, 3.8) is 0 Å². The molecule has 172 valence electrons. The average molecular weight is 460 g/mol. The summed E-state index contributed by atoms with van der Waals surface area (Å²) in [5, 5.41) is 4.44. The predicted molar refractivity (Wildman–Crippen MR) is 122 cm³/mol. The first-order valence-corrected chi connectivity index (χ1v) is 10.4. The molecule has 0 aliphatic heterocycles. The SMILES string of the molecule is COc1ccc(-c2noc(Cn3c(=O)n(Cc4ccco4)c(=O)c4ccccc43)n2)cc1OC. The van der Waals surface area contributed by atoms with Crippen LogP contribution in [0.3, 0.4) is 0 Å². The third-order valence-electron chi connectivity index (χ3n) is 5.43. The number of fused-ring (bicyclic) bond motifs is 1. The van der Waals surface area contributed by atoms with Crippen molar-refractivity contribution >= 4 is 10.9 Å². The van der Waals surface area contributed by atoms with Crippen LogP contribution in [0.5, 0.6) is 11.5 Å². The highest BCUT2D eigenvalue weighted by Crippen LogP contribution is 2.31. The largest absolute Gasteiger partial charge is 0.493 e. The van der Waals surface area contributed by atoms with Gasteiger partial charge in [-0.25, -0.2) is 4.79 Å². The van der Waals surface area contributed by atoms with Gasteiger partial charge in [0, 0.05) is 5.56 Å². The van der Waals surface area contributed by atoms with Crippen molar-refractivity contribution in [1.82, 2.24) is 19.3 Å². The van der Waals surface area contributed by atoms with Gasteiger partial charge in [0.2, 0.25) is 11.7 Å². The van der Waals surface area contributed by atoms with E-state index in [-0.39, 0.29) is 19.0 Å². The normalized spacial score (nSPS) is 11.1. The fourth-order valence-electron chi connectivity index (χ4n) is 3.77. The van der Waals surface area contributed by atoms with E-state index in [2.05, 4.69) is 10.1 Å². The second kappa shape index (κ2) is 8.74. The Bertz CT molecular complexity index is 1580. The number of aromatic nitrogens is 4. The van der Waals surface area contributed by atoms with Crippen molar-refractivity contribution < 1.29 is 18.4 Å². The molecular formula is C24H20N4O6. The monoisotopic (exact) mass is 460 g/mol. The summed E-state index contributed by atoms with van der Waals surface area (Å²) in [4.78, 5) is 30.8. The third kappa shape index (κ3) is 3.75. The van der Waals surface area contributed by atoms with Gasteiger partial charge in [0.15, 0.2) is 11.5 Å². The molecule has 0 fully saturated rings. The Morgan fingerprint density at radius 1 is 0.912 bits per heavy atom. The van der Waals surface area contributed by atoms with Crippen molar-refractivity contribution in [3.8, 4) is 22.9 Å². The second-order valence-electron chi connectivity index (χ2n) is 7.44. The zero-order chi connectivity index (χ0) is 23.7. The predicted octanol–water partition coefficient (Wildman–Crippen LogP) is 2.92. The molecular weight excluding hydrogens is 440 g/mol. The first-order chi connectivity index (χ1) is 16.6. The molecule has 0 amide bonds. The summed E-state index contributed by atoms with van der Waals surface area (Å²) >= 11 is 0. The van der Waals surface area contributed by atoms with Crippen LogP contribution in [0.25, 0.3) is 22.3 Å². The van der Waals surface area contributed by atoms with Crippen molar-refractivity contribution in [2.75, 3.05) is 14.2 Å². The van der Waals surface area contributed by atoms with Crippen LogP contribution in [0.2, 0.25) is 0 Å². The zero-order valence-corrected chi connectivity index (χ0v) is 18.4. The zero-order valence-electron chi connectivity index (χ0n) is 18.4. The van der Waals surface area contributed by atoms with Gasteiger partial charge in [-0.2, -0.15) is 4.98 Å². The van der Waals surface area contributed by atoms with Crippen LogP contribution in [-0.4, -0.2) is 33.5 Å². The summed E-state index contributed by atoms with van der Waals surface area (Å²) in [6, 6.07) is 15.6. The van der Waals surface area contributed by atoms with Gasteiger partial charge >= 0.3 is 5.69 Å². The Hall–Kier alpha value is -4.60. The summed E-state index contributed by atoms with van der Waals surface area (Å²) in [6.45, 7) is -0.00566. The first kappa shape index (κ1) is 21.3. The molecule has 10 nitrogen and oxygen atoms in total. The number of hydrogen-bond acceptors (Lipinski definition) is 8. The molecule has 0 bridgehead atoms. The lowest BCUT2D eigenvalue weighted by Gasteiger charge is -2.12. The number of methoxy groups -OCH3 is 2. The van der Waals surface area contributed by atoms with Crippen LogP contribution in [0.15, 0.2) is 79.4 Å². The van der Waals surface area contributed by atoms with Gasteiger partial charge in [-0.3, -0.25) is 13.9 Å². The standard InChI is InChI=1S/C24H20N4O6/c1-31-19-10-9-15(12-20(19)32-2)22-25-21(34-26-22)14-27-18-8-4-3-7-17(18)23(29)28(24(27)30)13-16-6-5-11-33-16/h3-12H,13-14H2,1-2H3. The number of rotatable bonds is 7. The Kier molecular flexibility index (Phi) is 5.46. The molecule has 2 aromatic carbocycles. The lowest BCUT2D eigenvalue weighted by molar-refractivity contribution is 0.355. The van der Waals surface area contributed by atoms with Crippen LogP contribution >= 0.6 is 0 Å². The minimum atomic E-state index is -0.508. The molecule has 5 aromatic rings. The van der Waals surface area contributed by atoms with Crippen molar-refractivity contribution in [1.29, 1.82) is 0 Å². The second-order valence-corrected chi connectivity index (χ2v) is 7.44. The summed E-state index contributed by atoms with van der Waals surface area (Å²) in [5.41, 5.74) is 0.225. The van der Waals surface area contributed by atoms with E-state index in [9.17, 15) is 9.59 Å². The summed E-state index contributed by atoms with van der Waals surface area (Å²) in [6.07, 6.45) is 1.49. The molecule has 0 aliphatic carbocycles. The summed E-state index contributed by atoms with van der Waals surface area (Å²) in [5.74, 6) is 2.14. The lowest BCUT2D eigenvalue weighted by Crippen LogP contribution is -2.40. The van der Waals surface area contributed by atoms with E-state index in [4.69, 9.17) is 18.4 Å².